The van der Waals surface area contributed by atoms with Gasteiger partial charge in [-0.15, -0.1) is 11.3 Å². The molecular weight excluding hydrogens is 382 g/mol. The van der Waals surface area contributed by atoms with E-state index in [0.717, 1.165) is 32.7 Å². The second-order valence-electron chi connectivity index (χ2n) is 6.59. The highest BCUT2D eigenvalue weighted by molar-refractivity contribution is 7.17. The maximum absolute atomic E-state index is 13.2. The average Bonchev–Trinajstić information content (AvgIpc) is 3.26. The minimum absolute atomic E-state index is 0.106. The fourth-order valence-electron chi connectivity index (χ4n) is 3.35. The van der Waals surface area contributed by atoms with E-state index in [1.54, 1.807) is 25.6 Å². The van der Waals surface area contributed by atoms with Crippen molar-refractivity contribution in [3.8, 4) is 11.5 Å². The monoisotopic (exact) mass is 403 g/mol. The average molecular weight is 404 g/mol. The Balaban J connectivity index is 1.70. The first-order valence-corrected chi connectivity index (χ1v) is 10.1. The van der Waals surface area contributed by atoms with Crippen LogP contribution in [0.2, 0.25) is 0 Å². The molecule has 0 fully saturated rings. The number of hydrogen-bond acceptors (Lipinski definition) is 4. The van der Waals surface area contributed by atoms with Crippen LogP contribution in [0.3, 0.4) is 0 Å². The van der Waals surface area contributed by atoms with Crippen LogP contribution >= 0.6 is 11.3 Å². The first kappa shape index (κ1) is 19.0. The van der Waals surface area contributed by atoms with Crippen LogP contribution in [-0.2, 0) is 0 Å². The van der Waals surface area contributed by atoms with Crippen molar-refractivity contribution in [2.75, 3.05) is 14.2 Å². The SMILES string of the molecule is COc1ccc(C(NC(=O)c2cccc3sccc23)c2ccc(OC)cc2)cc1. The van der Waals surface area contributed by atoms with Gasteiger partial charge in [0.15, 0.2) is 0 Å². The molecule has 1 heterocycles. The van der Waals surface area contributed by atoms with Crippen molar-refractivity contribution in [1.29, 1.82) is 0 Å². The van der Waals surface area contributed by atoms with Gasteiger partial charge in [-0.25, -0.2) is 0 Å². The van der Waals surface area contributed by atoms with Gasteiger partial charge < -0.3 is 14.8 Å². The lowest BCUT2D eigenvalue weighted by Gasteiger charge is -2.21. The van der Waals surface area contributed by atoms with Crippen molar-refractivity contribution >= 4 is 27.3 Å². The van der Waals surface area contributed by atoms with Crippen molar-refractivity contribution in [2.24, 2.45) is 0 Å². The molecule has 1 aromatic heterocycles. The third-order valence-electron chi connectivity index (χ3n) is 4.91. The van der Waals surface area contributed by atoms with Crippen molar-refractivity contribution in [3.63, 3.8) is 0 Å². The molecule has 0 bridgehead atoms. The molecule has 4 rings (SSSR count). The summed E-state index contributed by atoms with van der Waals surface area (Å²) in [5.41, 5.74) is 2.62. The summed E-state index contributed by atoms with van der Waals surface area (Å²) in [6.07, 6.45) is 0. The van der Waals surface area contributed by atoms with Crippen LogP contribution in [0.5, 0.6) is 11.5 Å². The number of methoxy groups -OCH3 is 2. The largest absolute Gasteiger partial charge is 0.497 e. The highest BCUT2D eigenvalue weighted by atomic mass is 32.1. The molecule has 29 heavy (non-hydrogen) atoms. The van der Waals surface area contributed by atoms with E-state index in [9.17, 15) is 4.79 Å². The van der Waals surface area contributed by atoms with Crippen LogP contribution < -0.4 is 14.8 Å². The van der Waals surface area contributed by atoms with E-state index in [0.29, 0.717) is 5.56 Å². The number of nitrogens with one attached hydrogen (secondary N) is 1. The van der Waals surface area contributed by atoms with Crippen molar-refractivity contribution in [2.45, 2.75) is 6.04 Å². The van der Waals surface area contributed by atoms with Gasteiger partial charge in [0, 0.05) is 15.6 Å². The van der Waals surface area contributed by atoms with E-state index < -0.39 is 0 Å². The molecule has 4 nitrogen and oxygen atoms in total. The summed E-state index contributed by atoms with van der Waals surface area (Å²) in [6.45, 7) is 0. The number of rotatable bonds is 6. The highest BCUT2D eigenvalue weighted by Crippen LogP contribution is 2.28. The van der Waals surface area contributed by atoms with E-state index in [1.165, 1.54) is 0 Å². The number of hydrogen-bond donors (Lipinski definition) is 1. The molecule has 0 saturated heterocycles. The molecule has 0 aliphatic carbocycles. The Morgan fingerprint density at radius 1 is 0.828 bits per heavy atom. The van der Waals surface area contributed by atoms with Crippen LogP contribution in [0.25, 0.3) is 10.1 Å². The lowest BCUT2D eigenvalue weighted by molar-refractivity contribution is 0.0944. The molecular formula is C24H21NO3S. The first-order chi connectivity index (χ1) is 14.2. The van der Waals surface area contributed by atoms with E-state index >= 15 is 0 Å². The van der Waals surface area contributed by atoms with E-state index in [-0.39, 0.29) is 11.9 Å². The predicted octanol–water partition coefficient (Wildman–Crippen LogP) is 5.44. The molecule has 3 aromatic carbocycles. The van der Waals surface area contributed by atoms with Gasteiger partial charge in [-0.1, -0.05) is 30.3 Å². The zero-order valence-corrected chi connectivity index (χ0v) is 17.0. The number of ether oxygens (including phenoxy) is 2. The Labute approximate surface area is 173 Å². The summed E-state index contributed by atoms with van der Waals surface area (Å²) < 4.78 is 11.6. The minimum Gasteiger partial charge on any atom is -0.497 e. The quantitative estimate of drug-likeness (QED) is 0.466. The van der Waals surface area contributed by atoms with Crippen LogP contribution in [0, 0.1) is 0 Å². The number of amides is 1. The van der Waals surface area contributed by atoms with Gasteiger partial charge in [-0.2, -0.15) is 0 Å². The molecule has 0 radical (unpaired) electrons. The molecule has 0 saturated carbocycles. The normalized spacial score (nSPS) is 10.9. The Kier molecular flexibility index (Phi) is 5.49. The van der Waals surface area contributed by atoms with Crippen LogP contribution in [0.4, 0.5) is 0 Å². The third kappa shape index (κ3) is 3.96. The third-order valence-corrected chi connectivity index (χ3v) is 5.80. The maximum Gasteiger partial charge on any atom is 0.252 e. The topological polar surface area (TPSA) is 47.6 Å². The molecule has 4 aromatic rings. The Hall–Kier alpha value is -3.31. The number of carbonyl (C=O) groups excluding carboxylic acids is 1. The number of carbonyl (C=O) groups is 1. The van der Waals surface area contributed by atoms with Gasteiger partial charge >= 0.3 is 0 Å². The summed E-state index contributed by atoms with van der Waals surface area (Å²) in [7, 11) is 3.28. The van der Waals surface area contributed by atoms with Gasteiger partial charge in [-0.05, 0) is 59.0 Å². The van der Waals surface area contributed by atoms with Gasteiger partial charge in [0.25, 0.3) is 5.91 Å². The van der Waals surface area contributed by atoms with Crippen molar-refractivity contribution < 1.29 is 14.3 Å². The first-order valence-electron chi connectivity index (χ1n) is 9.24. The summed E-state index contributed by atoms with van der Waals surface area (Å²) >= 11 is 1.63. The molecule has 1 N–H and O–H groups in total. The van der Waals surface area contributed by atoms with Crippen LogP contribution in [0.1, 0.15) is 27.5 Å². The molecule has 1 amide bonds. The lowest BCUT2D eigenvalue weighted by atomic mass is 9.97. The van der Waals surface area contributed by atoms with E-state index in [2.05, 4.69) is 5.32 Å². The molecule has 0 spiro atoms. The number of fused-ring (bicyclic) bond motifs is 1. The minimum atomic E-state index is -0.298. The molecule has 0 aliphatic heterocycles. The number of thiophene rings is 1. The maximum atomic E-state index is 13.2. The van der Waals surface area contributed by atoms with E-state index in [4.69, 9.17) is 9.47 Å². The summed E-state index contributed by atoms with van der Waals surface area (Å²) in [4.78, 5) is 13.2. The molecule has 0 unspecified atom stereocenters. The van der Waals surface area contributed by atoms with Gasteiger partial charge in [0.1, 0.15) is 11.5 Å². The van der Waals surface area contributed by atoms with Crippen molar-refractivity contribution in [3.05, 3.63) is 94.9 Å². The van der Waals surface area contributed by atoms with Gasteiger partial charge in [-0.3, -0.25) is 4.79 Å². The summed E-state index contributed by atoms with van der Waals surface area (Å²) in [5, 5.41) is 6.18. The molecule has 146 valence electrons. The Morgan fingerprint density at radius 3 is 1.97 bits per heavy atom. The molecule has 0 aliphatic rings. The fourth-order valence-corrected chi connectivity index (χ4v) is 4.17. The van der Waals surface area contributed by atoms with Gasteiger partial charge in [0.2, 0.25) is 0 Å². The highest BCUT2D eigenvalue weighted by Gasteiger charge is 2.19. The predicted molar refractivity (Wildman–Crippen MR) is 117 cm³/mol. The van der Waals surface area contributed by atoms with Gasteiger partial charge in [0.05, 0.1) is 20.3 Å². The molecule has 5 heteroatoms. The smallest absolute Gasteiger partial charge is 0.252 e. The zero-order chi connectivity index (χ0) is 20.2. The Bertz CT molecular complexity index is 1070. The second-order valence-corrected chi connectivity index (χ2v) is 7.54. The van der Waals surface area contributed by atoms with Crippen molar-refractivity contribution in [1.82, 2.24) is 5.32 Å². The van der Waals surface area contributed by atoms with Crippen LogP contribution in [0.15, 0.2) is 78.2 Å². The number of benzene rings is 3. The van der Waals surface area contributed by atoms with Crippen LogP contribution in [-0.4, -0.2) is 20.1 Å². The van der Waals surface area contributed by atoms with E-state index in [1.807, 2.05) is 78.2 Å². The second kappa shape index (κ2) is 8.37. The Morgan fingerprint density at radius 2 is 1.41 bits per heavy atom. The lowest BCUT2D eigenvalue weighted by Crippen LogP contribution is -2.29. The fraction of sp³-hybridized carbons (Fsp3) is 0.125. The summed E-state index contributed by atoms with van der Waals surface area (Å²) in [5.74, 6) is 1.44. The zero-order valence-electron chi connectivity index (χ0n) is 16.2. The standard InChI is InChI=1S/C24H21NO3S/c1-27-18-10-6-16(7-11-18)23(17-8-12-19(28-2)13-9-17)25-24(26)21-4-3-5-22-20(21)14-15-29-22/h3-15,23H,1-2H3,(H,25,26). The summed E-state index contributed by atoms with van der Waals surface area (Å²) in [6, 6.07) is 23.0. The molecule has 0 atom stereocenters.